The number of alkyl halides is 5. The first kappa shape index (κ1) is 9.82. The average Bonchev–Trinajstić information content (AvgIpc) is 2.04. The van der Waals surface area contributed by atoms with Crippen molar-refractivity contribution >= 4 is 0 Å². The van der Waals surface area contributed by atoms with E-state index in [1.165, 1.54) is 0 Å². The lowest BCUT2D eigenvalue weighted by Crippen LogP contribution is -2.33. The maximum atomic E-state index is 12.5. The molecule has 72 valence electrons. The Bertz CT molecular complexity index is 281. The molecule has 7 heteroatoms. The second-order valence-corrected chi connectivity index (χ2v) is 2.20. The molecule has 0 unspecified atom stereocenters. The Balaban J connectivity index is 3.08. The van der Waals surface area contributed by atoms with Crippen LogP contribution in [0.2, 0.25) is 0 Å². The van der Waals surface area contributed by atoms with Crippen LogP contribution in [0, 0.1) is 0 Å². The van der Waals surface area contributed by atoms with E-state index >= 15 is 0 Å². The minimum absolute atomic E-state index is 0.382. The van der Waals surface area contributed by atoms with Crippen molar-refractivity contribution in [3.05, 3.63) is 24.0 Å². The summed E-state index contributed by atoms with van der Waals surface area (Å²) in [5.74, 6) is -4.87. The molecule has 0 N–H and O–H groups in total. The van der Waals surface area contributed by atoms with Gasteiger partial charge in [-0.3, -0.25) is 0 Å². The molecule has 1 heterocycles. The van der Waals surface area contributed by atoms with Gasteiger partial charge in [0.1, 0.15) is 0 Å². The van der Waals surface area contributed by atoms with E-state index in [2.05, 4.69) is 10.2 Å². The topological polar surface area (TPSA) is 25.8 Å². The van der Waals surface area contributed by atoms with Gasteiger partial charge in [0.15, 0.2) is 0 Å². The SMILES string of the molecule is FC(F)(F)C(F)(F)c1ccnnc1. The summed E-state index contributed by atoms with van der Waals surface area (Å²) in [4.78, 5) is 0. The zero-order valence-corrected chi connectivity index (χ0v) is 6.02. The minimum Gasteiger partial charge on any atom is -0.191 e. The van der Waals surface area contributed by atoms with Gasteiger partial charge < -0.3 is 0 Å². The van der Waals surface area contributed by atoms with E-state index < -0.39 is 17.7 Å². The molecule has 0 aromatic carbocycles. The number of halogens is 5. The second kappa shape index (κ2) is 2.90. The van der Waals surface area contributed by atoms with Gasteiger partial charge >= 0.3 is 12.1 Å². The van der Waals surface area contributed by atoms with Crippen LogP contribution in [0.1, 0.15) is 5.56 Å². The van der Waals surface area contributed by atoms with E-state index in [0.29, 0.717) is 12.3 Å². The molecule has 0 spiro atoms. The number of nitrogens with zero attached hydrogens (tertiary/aromatic N) is 2. The van der Waals surface area contributed by atoms with Crippen molar-refractivity contribution in [2.75, 3.05) is 0 Å². The first-order valence-electron chi connectivity index (χ1n) is 3.07. The van der Waals surface area contributed by atoms with Gasteiger partial charge in [0.05, 0.1) is 18.0 Å². The molecule has 0 fully saturated rings. The first-order chi connectivity index (χ1) is 5.86. The van der Waals surface area contributed by atoms with Crippen molar-refractivity contribution in [3.63, 3.8) is 0 Å². The molecule has 1 aromatic rings. The van der Waals surface area contributed by atoms with E-state index in [1.54, 1.807) is 0 Å². The molecule has 0 aliphatic heterocycles. The van der Waals surface area contributed by atoms with Crippen LogP contribution in [0.25, 0.3) is 0 Å². The molecule has 13 heavy (non-hydrogen) atoms. The standard InChI is InChI=1S/C6H3F5N2/c7-5(8,6(9,10)11)4-1-2-12-13-3-4/h1-3H. The van der Waals surface area contributed by atoms with Crippen molar-refractivity contribution in [2.45, 2.75) is 12.1 Å². The Labute approximate surface area is 69.4 Å². The van der Waals surface area contributed by atoms with Gasteiger partial charge in [-0.25, -0.2) is 0 Å². The van der Waals surface area contributed by atoms with Gasteiger partial charge in [-0.15, -0.1) is 0 Å². The Morgan fingerprint density at radius 2 is 1.62 bits per heavy atom. The summed E-state index contributed by atoms with van der Waals surface area (Å²) in [6.07, 6.45) is -4.45. The van der Waals surface area contributed by atoms with Crippen molar-refractivity contribution in [1.29, 1.82) is 0 Å². The van der Waals surface area contributed by atoms with Crippen LogP contribution < -0.4 is 0 Å². The molecule has 0 radical (unpaired) electrons. The number of hydrogen-bond donors (Lipinski definition) is 0. The summed E-state index contributed by atoms with van der Waals surface area (Å²) in [6.45, 7) is 0. The van der Waals surface area contributed by atoms with Crippen LogP contribution in [0.4, 0.5) is 22.0 Å². The van der Waals surface area contributed by atoms with Crippen molar-refractivity contribution in [2.24, 2.45) is 0 Å². The molecule has 0 saturated heterocycles. The van der Waals surface area contributed by atoms with Gasteiger partial charge in [0.25, 0.3) is 0 Å². The predicted molar refractivity (Wildman–Crippen MR) is 32.0 cm³/mol. The maximum Gasteiger partial charge on any atom is 0.458 e. The smallest absolute Gasteiger partial charge is 0.191 e. The maximum absolute atomic E-state index is 12.5. The van der Waals surface area contributed by atoms with Crippen molar-refractivity contribution in [3.8, 4) is 0 Å². The highest BCUT2D eigenvalue weighted by Gasteiger charge is 2.58. The third-order valence-corrected chi connectivity index (χ3v) is 1.30. The van der Waals surface area contributed by atoms with Crippen LogP contribution in [0.3, 0.4) is 0 Å². The van der Waals surface area contributed by atoms with E-state index in [0.717, 1.165) is 6.20 Å². The highest BCUT2D eigenvalue weighted by molar-refractivity contribution is 5.14. The first-order valence-corrected chi connectivity index (χ1v) is 3.07. The summed E-state index contributed by atoms with van der Waals surface area (Å²) >= 11 is 0. The lowest BCUT2D eigenvalue weighted by atomic mass is 10.1. The number of hydrogen-bond acceptors (Lipinski definition) is 2. The van der Waals surface area contributed by atoms with Crippen molar-refractivity contribution in [1.82, 2.24) is 10.2 Å². The van der Waals surface area contributed by atoms with E-state index in [1.807, 2.05) is 0 Å². The number of aromatic nitrogens is 2. The minimum atomic E-state index is -5.60. The largest absolute Gasteiger partial charge is 0.458 e. The fourth-order valence-electron chi connectivity index (χ4n) is 0.640. The summed E-state index contributed by atoms with van der Waals surface area (Å²) in [5.41, 5.74) is -1.21. The zero-order valence-electron chi connectivity index (χ0n) is 6.02. The zero-order chi connectivity index (χ0) is 10.1. The lowest BCUT2D eigenvalue weighted by Gasteiger charge is -2.18. The number of rotatable bonds is 1. The second-order valence-electron chi connectivity index (χ2n) is 2.20. The van der Waals surface area contributed by atoms with Gasteiger partial charge in [-0.1, -0.05) is 0 Å². The monoisotopic (exact) mass is 198 g/mol. The van der Waals surface area contributed by atoms with Crippen LogP contribution in [0.5, 0.6) is 0 Å². The molecule has 0 bridgehead atoms. The highest BCUT2D eigenvalue weighted by Crippen LogP contribution is 2.43. The molecule has 0 aliphatic carbocycles. The highest BCUT2D eigenvalue weighted by atomic mass is 19.4. The Morgan fingerprint density at radius 3 is 2.00 bits per heavy atom. The van der Waals surface area contributed by atoms with Crippen LogP contribution >= 0.6 is 0 Å². The fraction of sp³-hybridized carbons (Fsp3) is 0.333. The molecule has 0 amide bonds. The molecule has 1 aromatic heterocycles. The predicted octanol–water partition coefficient (Wildman–Crippen LogP) is 2.13. The van der Waals surface area contributed by atoms with Crippen LogP contribution in [-0.2, 0) is 5.92 Å². The van der Waals surface area contributed by atoms with Gasteiger partial charge in [0, 0.05) is 0 Å². The normalized spacial score (nSPS) is 13.0. The van der Waals surface area contributed by atoms with E-state index in [-0.39, 0.29) is 0 Å². The average molecular weight is 198 g/mol. The Morgan fingerprint density at radius 1 is 1.00 bits per heavy atom. The molecule has 2 nitrogen and oxygen atoms in total. The Hall–Kier alpha value is -1.27. The fourth-order valence-corrected chi connectivity index (χ4v) is 0.640. The van der Waals surface area contributed by atoms with Gasteiger partial charge in [-0.2, -0.15) is 32.1 Å². The van der Waals surface area contributed by atoms with E-state index in [9.17, 15) is 22.0 Å². The summed E-state index contributed by atoms with van der Waals surface area (Å²) < 4.78 is 60.1. The molecule has 0 aliphatic rings. The molecule has 0 saturated carbocycles. The van der Waals surface area contributed by atoms with E-state index in [4.69, 9.17) is 0 Å². The lowest BCUT2D eigenvalue weighted by molar-refractivity contribution is -0.289. The van der Waals surface area contributed by atoms with Gasteiger partial charge in [0.2, 0.25) is 0 Å². The third-order valence-electron chi connectivity index (χ3n) is 1.30. The molecular formula is C6H3F5N2. The summed E-state index contributed by atoms with van der Waals surface area (Å²) in [6, 6.07) is 0.570. The molecule has 0 atom stereocenters. The summed E-state index contributed by atoms with van der Waals surface area (Å²) in [7, 11) is 0. The summed E-state index contributed by atoms with van der Waals surface area (Å²) in [5, 5.41) is 6.02. The Kier molecular flexibility index (Phi) is 2.19. The van der Waals surface area contributed by atoms with Crippen LogP contribution in [-0.4, -0.2) is 16.4 Å². The van der Waals surface area contributed by atoms with Crippen molar-refractivity contribution < 1.29 is 22.0 Å². The van der Waals surface area contributed by atoms with Gasteiger partial charge in [-0.05, 0) is 6.07 Å². The third kappa shape index (κ3) is 1.73. The molecule has 1 rings (SSSR count). The molecular weight excluding hydrogens is 195 g/mol. The van der Waals surface area contributed by atoms with Crippen LogP contribution in [0.15, 0.2) is 18.5 Å². The quantitative estimate of drug-likeness (QED) is 0.646.